The maximum atomic E-state index is 5.44. The Hall–Kier alpha value is -1.07. The summed E-state index contributed by atoms with van der Waals surface area (Å²) >= 11 is 0. The van der Waals surface area contributed by atoms with Crippen LogP contribution in [0.25, 0.3) is 0 Å². The Kier molecular flexibility index (Phi) is 5.43. The van der Waals surface area contributed by atoms with Crippen LogP contribution in [0.5, 0.6) is 5.88 Å². The van der Waals surface area contributed by atoms with E-state index >= 15 is 0 Å². The lowest BCUT2D eigenvalue weighted by Crippen LogP contribution is -2.42. The number of aromatic nitrogens is 2. The fourth-order valence-corrected chi connectivity index (χ4v) is 3.06. The molecule has 1 aliphatic rings. The summed E-state index contributed by atoms with van der Waals surface area (Å²) in [7, 11) is 3.64. The van der Waals surface area contributed by atoms with E-state index < -0.39 is 0 Å². The van der Waals surface area contributed by atoms with Crippen molar-refractivity contribution in [2.45, 2.75) is 45.7 Å². The van der Waals surface area contributed by atoms with Crippen LogP contribution in [0.3, 0.4) is 0 Å². The van der Waals surface area contributed by atoms with E-state index in [2.05, 4.69) is 22.2 Å². The van der Waals surface area contributed by atoms with Crippen LogP contribution in [0.4, 0.5) is 0 Å². The standard InChI is InChI=1S/C15H28N4O/c1-5-8-19-9-6-13(7-10-19)16-11-14-12(2)17-18(3)15(14)20-4/h13,16H,5-11H2,1-4H3. The Labute approximate surface area is 122 Å². The maximum Gasteiger partial charge on any atom is 0.216 e. The van der Waals surface area contributed by atoms with Crippen molar-refractivity contribution in [2.75, 3.05) is 26.7 Å². The fraction of sp³-hybridized carbons (Fsp3) is 0.800. The first-order valence-corrected chi connectivity index (χ1v) is 7.67. The smallest absolute Gasteiger partial charge is 0.216 e. The SMILES string of the molecule is CCCN1CCC(NCc2c(C)nn(C)c2OC)CC1. The molecule has 2 rings (SSSR count). The first-order valence-electron chi connectivity index (χ1n) is 7.67. The van der Waals surface area contributed by atoms with Gasteiger partial charge in [0.2, 0.25) is 5.88 Å². The number of aryl methyl sites for hydroxylation is 2. The Morgan fingerprint density at radius 1 is 1.35 bits per heavy atom. The predicted molar refractivity (Wildman–Crippen MR) is 81.1 cm³/mol. The Morgan fingerprint density at radius 3 is 2.65 bits per heavy atom. The van der Waals surface area contributed by atoms with Crippen LogP contribution in [0.1, 0.15) is 37.4 Å². The Morgan fingerprint density at radius 2 is 2.05 bits per heavy atom. The second-order valence-electron chi connectivity index (χ2n) is 5.69. The van der Waals surface area contributed by atoms with Crippen molar-refractivity contribution in [1.82, 2.24) is 20.0 Å². The summed E-state index contributed by atoms with van der Waals surface area (Å²) in [6.07, 6.45) is 3.73. The summed E-state index contributed by atoms with van der Waals surface area (Å²) in [4.78, 5) is 2.56. The van der Waals surface area contributed by atoms with Gasteiger partial charge in [-0.2, -0.15) is 5.10 Å². The molecule has 0 radical (unpaired) electrons. The number of likely N-dealkylation sites (tertiary alicyclic amines) is 1. The molecule has 1 fully saturated rings. The largest absolute Gasteiger partial charge is 0.481 e. The third-order valence-corrected chi connectivity index (χ3v) is 4.18. The van der Waals surface area contributed by atoms with Gasteiger partial charge in [-0.05, 0) is 45.8 Å². The van der Waals surface area contributed by atoms with Crippen molar-refractivity contribution >= 4 is 0 Å². The minimum atomic E-state index is 0.618. The maximum absolute atomic E-state index is 5.44. The molecule has 2 heterocycles. The van der Waals surface area contributed by atoms with Gasteiger partial charge in [0, 0.05) is 19.6 Å². The van der Waals surface area contributed by atoms with Crippen LogP contribution in [-0.2, 0) is 13.6 Å². The van der Waals surface area contributed by atoms with Crippen molar-refractivity contribution in [2.24, 2.45) is 7.05 Å². The molecule has 5 nitrogen and oxygen atoms in total. The topological polar surface area (TPSA) is 42.3 Å². The molecule has 0 spiro atoms. The zero-order valence-corrected chi connectivity index (χ0v) is 13.3. The van der Waals surface area contributed by atoms with Gasteiger partial charge in [-0.15, -0.1) is 0 Å². The van der Waals surface area contributed by atoms with Crippen LogP contribution in [0, 0.1) is 6.92 Å². The molecule has 0 atom stereocenters. The molecule has 0 aromatic carbocycles. The number of piperidine rings is 1. The third-order valence-electron chi connectivity index (χ3n) is 4.18. The van der Waals surface area contributed by atoms with Gasteiger partial charge in [0.1, 0.15) is 0 Å². The monoisotopic (exact) mass is 280 g/mol. The van der Waals surface area contributed by atoms with Crippen LogP contribution < -0.4 is 10.1 Å². The molecule has 5 heteroatoms. The number of nitrogens with zero attached hydrogens (tertiary/aromatic N) is 3. The number of hydrogen-bond acceptors (Lipinski definition) is 4. The van der Waals surface area contributed by atoms with Gasteiger partial charge in [0.25, 0.3) is 0 Å². The highest BCUT2D eigenvalue weighted by Crippen LogP contribution is 2.21. The zero-order chi connectivity index (χ0) is 14.5. The van der Waals surface area contributed by atoms with Gasteiger partial charge in [-0.25, -0.2) is 4.68 Å². The minimum Gasteiger partial charge on any atom is -0.481 e. The van der Waals surface area contributed by atoms with Crippen molar-refractivity contribution in [3.05, 3.63) is 11.3 Å². The van der Waals surface area contributed by atoms with Crippen LogP contribution >= 0.6 is 0 Å². The van der Waals surface area contributed by atoms with Crippen molar-refractivity contribution < 1.29 is 4.74 Å². The van der Waals surface area contributed by atoms with E-state index in [1.165, 1.54) is 44.5 Å². The number of nitrogens with one attached hydrogen (secondary N) is 1. The van der Waals surface area contributed by atoms with Gasteiger partial charge in [-0.3, -0.25) is 0 Å². The van der Waals surface area contributed by atoms with Gasteiger partial charge in [0.15, 0.2) is 0 Å². The molecule has 0 bridgehead atoms. The molecule has 1 aromatic heterocycles. The molecule has 20 heavy (non-hydrogen) atoms. The zero-order valence-electron chi connectivity index (χ0n) is 13.3. The molecule has 1 aliphatic heterocycles. The molecule has 0 amide bonds. The quantitative estimate of drug-likeness (QED) is 0.861. The lowest BCUT2D eigenvalue weighted by Gasteiger charge is -2.32. The van der Waals surface area contributed by atoms with Gasteiger partial charge in [-0.1, -0.05) is 6.92 Å². The summed E-state index contributed by atoms with van der Waals surface area (Å²) in [6.45, 7) is 8.82. The third kappa shape index (κ3) is 3.52. The second-order valence-corrected chi connectivity index (χ2v) is 5.69. The summed E-state index contributed by atoms with van der Waals surface area (Å²) in [6, 6.07) is 0.618. The predicted octanol–water partition coefficient (Wildman–Crippen LogP) is 1.70. The van der Waals surface area contributed by atoms with Crippen LogP contribution in [-0.4, -0.2) is 47.5 Å². The highest BCUT2D eigenvalue weighted by molar-refractivity contribution is 5.30. The second kappa shape index (κ2) is 7.09. The first kappa shape index (κ1) is 15.3. The molecule has 0 unspecified atom stereocenters. The molecule has 0 aliphatic carbocycles. The van der Waals surface area contributed by atoms with Gasteiger partial charge < -0.3 is 15.0 Å². The van der Waals surface area contributed by atoms with E-state index in [9.17, 15) is 0 Å². The molecule has 114 valence electrons. The minimum absolute atomic E-state index is 0.618. The molecule has 1 saturated heterocycles. The fourth-order valence-electron chi connectivity index (χ4n) is 3.06. The van der Waals surface area contributed by atoms with Crippen LogP contribution in [0.15, 0.2) is 0 Å². The number of methoxy groups -OCH3 is 1. The van der Waals surface area contributed by atoms with Crippen molar-refractivity contribution in [3.8, 4) is 5.88 Å². The van der Waals surface area contributed by atoms with Crippen molar-refractivity contribution in [3.63, 3.8) is 0 Å². The highest BCUT2D eigenvalue weighted by Gasteiger charge is 2.20. The highest BCUT2D eigenvalue weighted by atomic mass is 16.5. The Bertz CT molecular complexity index is 422. The lowest BCUT2D eigenvalue weighted by atomic mass is 10.0. The summed E-state index contributed by atoms with van der Waals surface area (Å²) in [5.41, 5.74) is 2.24. The van der Waals surface area contributed by atoms with E-state index in [4.69, 9.17) is 4.74 Å². The average molecular weight is 280 g/mol. The summed E-state index contributed by atoms with van der Waals surface area (Å²) < 4.78 is 7.25. The lowest BCUT2D eigenvalue weighted by molar-refractivity contribution is 0.197. The first-order chi connectivity index (χ1) is 9.65. The number of rotatable bonds is 6. The number of hydrogen-bond donors (Lipinski definition) is 1. The van der Waals surface area contributed by atoms with Crippen LogP contribution in [0.2, 0.25) is 0 Å². The van der Waals surface area contributed by atoms with E-state index in [1.54, 1.807) is 7.11 Å². The molecule has 1 N–H and O–H groups in total. The molecule has 1 aromatic rings. The van der Waals surface area contributed by atoms with E-state index in [-0.39, 0.29) is 0 Å². The van der Waals surface area contributed by atoms with Gasteiger partial charge >= 0.3 is 0 Å². The summed E-state index contributed by atoms with van der Waals surface area (Å²) in [5, 5.41) is 8.09. The number of ether oxygens (including phenoxy) is 1. The molecule has 0 saturated carbocycles. The van der Waals surface area contributed by atoms with E-state index in [1.807, 2.05) is 18.7 Å². The van der Waals surface area contributed by atoms with E-state index in [0.717, 1.165) is 18.1 Å². The summed E-state index contributed by atoms with van der Waals surface area (Å²) in [5.74, 6) is 0.874. The Balaban J connectivity index is 1.84. The van der Waals surface area contributed by atoms with E-state index in [0.29, 0.717) is 6.04 Å². The van der Waals surface area contributed by atoms with Gasteiger partial charge in [0.05, 0.1) is 18.4 Å². The normalized spacial score (nSPS) is 17.6. The average Bonchev–Trinajstić information content (AvgIpc) is 2.72. The molecular weight excluding hydrogens is 252 g/mol. The van der Waals surface area contributed by atoms with Crippen molar-refractivity contribution in [1.29, 1.82) is 0 Å². The molecular formula is C15H28N4O.